The molecule has 0 radical (unpaired) electrons. The van der Waals surface area contributed by atoms with Crippen LogP contribution in [0.25, 0.3) is 0 Å². The molecule has 94 valence electrons. The fourth-order valence-corrected chi connectivity index (χ4v) is 1.14. The highest BCUT2D eigenvalue weighted by Gasteiger charge is 2.17. The second-order valence-corrected chi connectivity index (χ2v) is 3.49. The standard InChI is InChI=1S/C12H10O6/c1-6(2)12(17)18-7-3-4-8(10(13)14)9(5-7)11(15)16/h3-5H,1H2,2H3,(H,13,14)(H,15,16). The van der Waals surface area contributed by atoms with E-state index in [1.165, 1.54) is 13.0 Å². The molecule has 6 nitrogen and oxygen atoms in total. The van der Waals surface area contributed by atoms with Gasteiger partial charge in [0.15, 0.2) is 0 Å². The van der Waals surface area contributed by atoms with E-state index < -0.39 is 23.5 Å². The zero-order valence-electron chi connectivity index (χ0n) is 9.47. The number of ether oxygens (including phenoxy) is 1. The van der Waals surface area contributed by atoms with Crippen LogP contribution in [0.2, 0.25) is 0 Å². The van der Waals surface area contributed by atoms with Gasteiger partial charge in [0, 0.05) is 5.57 Å². The lowest BCUT2D eigenvalue weighted by atomic mass is 10.1. The summed E-state index contributed by atoms with van der Waals surface area (Å²) in [6.45, 7) is 4.81. The molecule has 0 aliphatic carbocycles. The number of esters is 1. The van der Waals surface area contributed by atoms with Crippen molar-refractivity contribution in [1.82, 2.24) is 0 Å². The van der Waals surface area contributed by atoms with Gasteiger partial charge in [-0.1, -0.05) is 6.58 Å². The molecule has 1 aromatic rings. The average Bonchev–Trinajstić information content (AvgIpc) is 2.28. The summed E-state index contributed by atoms with van der Waals surface area (Å²) < 4.78 is 4.81. The van der Waals surface area contributed by atoms with Crippen molar-refractivity contribution in [3.8, 4) is 5.75 Å². The number of carbonyl (C=O) groups is 3. The fraction of sp³-hybridized carbons (Fsp3) is 0.0833. The number of benzene rings is 1. The third-order valence-corrected chi connectivity index (χ3v) is 2.01. The molecule has 0 saturated heterocycles. The first-order valence-corrected chi connectivity index (χ1v) is 4.81. The maximum atomic E-state index is 11.2. The second kappa shape index (κ2) is 5.13. The number of carboxylic acids is 2. The van der Waals surface area contributed by atoms with Crippen LogP contribution in [0.4, 0.5) is 0 Å². The maximum absolute atomic E-state index is 11.2. The van der Waals surface area contributed by atoms with Gasteiger partial charge in [-0.05, 0) is 25.1 Å². The van der Waals surface area contributed by atoms with Crippen molar-refractivity contribution in [3.05, 3.63) is 41.5 Å². The molecule has 18 heavy (non-hydrogen) atoms. The van der Waals surface area contributed by atoms with Gasteiger partial charge in [0.1, 0.15) is 5.75 Å². The molecule has 0 aliphatic rings. The molecule has 0 bridgehead atoms. The number of aromatic carboxylic acids is 2. The Morgan fingerprint density at radius 3 is 2.11 bits per heavy atom. The van der Waals surface area contributed by atoms with Gasteiger partial charge in [-0.2, -0.15) is 0 Å². The normalized spacial score (nSPS) is 9.61. The average molecular weight is 250 g/mol. The van der Waals surface area contributed by atoms with Gasteiger partial charge >= 0.3 is 17.9 Å². The Morgan fingerprint density at radius 2 is 1.67 bits per heavy atom. The van der Waals surface area contributed by atoms with Crippen LogP contribution in [0, 0.1) is 0 Å². The van der Waals surface area contributed by atoms with Crippen molar-refractivity contribution < 1.29 is 29.3 Å². The van der Waals surface area contributed by atoms with Crippen molar-refractivity contribution in [2.75, 3.05) is 0 Å². The smallest absolute Gasteiger partial charge is 0.338 e. The summed E-state index contributed by atoms with van der Waals surface area (Å²) in [5.41, 5.74) is -0.679. The van der Waals surface area contributed by atoms with E-state index in [9.17, 15) is 14.4 Å². The van der Waals surface area contributed by atoms with Crippen LogP contribution in [-0.4, -0.2) is 28.1 Å². The molecular weight excluding hydrogens is 240 g/mol. The number of carboxylic acid groups (broad SMARTS) is 2. The van der Waals surface area contributed by atoms with Crippen LogP contribution in [0.3, 0.4) is 0 Å². The summed E-state index contributed by atoms with van der Waals surface area (Å²) in [6.07, 6.45) is 0. The molecule has 0 aliphatic heterocycles. The minimum atomic E-state index is -1.42. The molecule has 0 amide bonds. The first kappa shape index (κ1) is 13.4. The molecule has 1 aromatic carbocycles. The van der Waals surface area contributed by atoms with Gasteiger partial charge in [-0.15, -0.1) is 0 Å². The van der Waals surface area contributed by atoms with E-state index in [4.69, 9.17) is 14.9 Å². The van der Waals surface area contributed by atoms with Gasteiger partial charge in [0.25, 0.3) is 0 Å². The summed E-state index contributed by atoms with van der Waals surface area (Å²) in [7, 11) is 0. The first-order valence-electron chi connectivity index (χ1n) is 4.81. The minimum Gasteiger partial charge on any atom is -0.478 e. The molecule has 0 spiro atoms. The molecule has 6 heteroatoms. The molecule has 0 heterocycles. The zero-order chi connectivity index (χ0) is 13.9. The Balaban J connectivity index is 3.15. The van der Waals surface area contributed by atoms with Gasteiger partial charge in [-0.25, -0.2) is 14.4 Å². The van der Waals surface area contributed by atoms with Crippen LogP contribution in [-0.2, 0) is 4.79 Å². The van der Waals surface area contributed by atoms with Crippen molar-refractivity contribution in [2.24, 2.45) is 0 Å². The quantitative estimate of drug-likeness (QED) is 0.477. The predicted octanol–water partition coefficient (Wildman–Crippen LogP) is 1.56. The number of rotatable bonds is 4. The lowest BCUT2D eigenvalue weighted by molar-refractivity contribution is -0.130. The highest BCUT2D eigenvalue weighted by atomic mass is 16.5. The van der Waals surface area contributed by atoms with Crippen molar-refractivity contribution in [3.63, 3.8) is 0 Å². The van der Waals surface area contributed by atoms with E-state index >= 15 is 0 Å². The van der Waals surface area contributed by atoms with Crippen LogP contribution in [0.5, 0.6) is 5.75 Å². The Bertz CT molecular complexity index is 543. The van der Waals surface area contributed by atoms with Crippen LogP contribution in [0.1, 0.15) is 27.6 Å². The molecule has 1 rings (SSSR count). The van der Waals surface area contributed by atoms with Crippen LogP contribution >= 0.6 is 0 Å². The summed E-state index contributed by atoms with van der Waals surface area (Å²) in [4.78, 5) is 32.9. The van der Waals surface area contributed by atoms with E-state index in [0.717, 1.165) is 12.1 Å². The number of hydrogen-bond donors (Lipinski definition) is 2. The lowest BCUT2D eigenvalue weighted by Crippen LogP contribution is -2.11. The Morgan fingerprint density at radius 1 is 1.11 bits per heavy atom. The van der Waals surface area contributed by atoms with Gasteiger partial charge in [0.2, 0.25) is 0 Å². The van der Waals surface area contributed by atoms with Gasteiger partial charge in [-0.3, -0.25) is 0 Å². The van der Waals surface area contributed by atoms with Crippen molar-refractivity contribution in [2.45, 2.75) is 6.92 Å². The molecular formula is C12H10O6. The molecule has 0 fully saturated rings. The monoisotopic (exact) mass is 250 g/mol. The SMILES string of the molecule is C=C(C)C(=O)Oc1ccc(C(=O)O)c(C(=O)O)c1. The molecule has 0 atom stereocenters. The number of carbonyl (C=O) groups excluding carboxylic acids is 1. The van der Waals surface area contributed by atoms with Crippen LogP contribution in [0.15, 0.2) is 30.4 Å². The Labute approximate surface area is 102 Å². The van der Waals surface area contributed by atoms with E-state index in [1.807, 2.05) is 0 Å². The summed E-state index contributed by atoms with van der Waals surface area (Å²) in [6, 6.07) is 3.25. The van der Waals surface area contributed by atoms with E-state index in [2.05, 4.69) is 6.58 Å². The molecule has 0 unspecified atom stereocenters. The van der Waals surface area contributed by atoms with Crippen molar-refractivity contribution in [1.29, 1.82) is 0 Å². The Hall–Kier alpha value is -2.63. The topological polar surface area (TPSA) is 101 Å². The summed E-state index contributed by atoms with van der Waals surface area (Å²) in [5, 5.41) is 17.7. The summed E-state index contributed by atoms with van der Waals surface area (Å²) in [5.74, 6) is -3.55. The highest BCUT2D eigenvalue weighted by molar-refractivity contribution is 6.02. The lowest BCUT2D eigenvalue weighted by Gasteiger charge is -2.06. The summed E-state index contributed by atoms with van der Waals surface area (Å²) >= 11 is 0. The largest absolute Gasteiger partial charge is 0.478 e. The predicted molar refractivity (Wildman–Crippen MR) is 60.8 cm³/mol. The van der Waals surface area contributed by atoms with E-state index in [0.29, 0.717) is 0 Å². The highest BCUT2D eigenvalue weighted by Crippen LogP contribution is 2.19. The second-order valence-electron chi connectivity index (χ2n) is 3.49. The van der Waals surface area contributed by atoms with Crippen molar-refractivity contribution >= 4 is 17.9 Å². The fourth-order valence-electron chi connectivity index (χ4n) is 1.14. The third-order valence-electron chi connectivity index (χ3n) is 2.01. The zero-order valence-corrected chi connectivity index (χ0v) is 9.47. The van der Waals surface area contributed by atoms with Crippen LogP contribution < -0.4 is 4.74 Å². The minimum absolute atomic E-state index is 0.0506. The number of hydrogen-bond acceptors (Lipinski definition) is 4. The molecule has 2 N–H and O–H groups in total. The third kappa shape index (κ3) is 2.94. The van der Waals surface area contributed by atoms with Gasteiger partial charge < -0.3 is 14.9 Å². The molecule has 0 saturated carbocycles. The van der Waals surface area contributed by atoms with E-state index in [1.54, 1.807) is 0 Å². The maximum Gasteiger partial charge on any atom is 0.338 e. The molecule has 0 aromatic heterocycles. The van der Waals surface area contributed by atoms with Gasteiger partial charge in [0.05, 0.1) is 11.1 Å². The Kier molecular flexibility index (Phi) is 3.83. The first-order chi connectivity index (χ1) is 8.32. The van der Waals surface area contributed by atoms with E-state index in [-0.39, 0.29) is 16.9 Å².